The van der Waals surface area contributed by atoms with E-state index in [0.29, 0.717) is 18.8 Å². The van der Waals surface area contributed by atoms with E-state index in [0.717, 1.165) is 12.8 Å². The largest absolute Gasteiger partial charge is 0.573 e. The van der Waals surface area contributed by atoms with E-state index in [9.17, 15) is 18.0 Å². The van der Waals surface area contributed by atoms with Crippen molar-refractivity contribution in [3.63, 3.8) is 0 Å². The van der Waals surface area contributed by atoms with Crippen molar-refractivity contribution in [1.82, 2.24) is 4.90 Å². The first-order valence-electron chi connectivity index (χ1n) is 6.96. The highest BCUT2D eigenvalue weighted by Crippen LogP contribution is 2.23. The van der Waals surface area contributed by atoms with Gasteiger partial charge in [-0.25, -0.2) is 0 Å². The fraction of sp³-hybridized carbons (Fsp3) is 0.500. The van der Waals surface area contributed by atoms with Crippen molar-refractivity contribution in [3.8, 4) is 5.75 Å². The minimum atomic E-state index is -4.71. The van der Waals surface area contributed by atoms with Crippen LogP contribution in [0.1, 0.15) is 12.8 Å². The SMILES string of the molecule is NC1CCCN(C(=O)CNc2ccc(OC(F)(F)F)cc2)C1. The second-order valence-corrected chi connectivity index (χ2v) is 5.17. The molecule has 0 radical (unpaired) electrons. The van der Waals surface area contributed by atoms with E-state index in [-0.39, 0.29) is 24.2 Å². The number of piperidine rings is 1. The van der Waals surface area contributed by atoms with Crippen LogP contribution in [0.5, 0.6) is 5.75 Å². The van der Waals surface area contributed by atoms with E-state index in [4.69, 9.17) is 5.73 Å². The number of hydrogen-bond acceptors (Lipinski definition) is 4. The lowest BCUT2D eigenvalue weighted by Crippen LogP contribution is -2.47. The summed E-state index contributed by atoms with van der Waals surface area (Å²) in [5.41, 5.74) is 6.36. The summed E-state index contributed by atoms with van der Waals surface area (Å²) in [6.45, 7) is 1.30. The lowest BCUT2D eigenvalue weighted by atomic mass is 10.1. The summed E-state index contributed by atoms with van der Waals surface area (Å²) in [6.07, 6.45) is -2.91. The van der Waals surface area contributed by atoms with Crippen LogP contribution < -0.4 is 15.8 Å². The van der Waals surface area contributed by atoms with Gasteiger partial charge in [0.05, 0.1) is 6.54 Å². The van der Waals surface area contributed by atoms with Crippen LogP contribution in [0.4, 0.5) is 18.9 Å². The summed E-state index contributed by atoms with van der Waals surface area (Å²) in [6, 6.07) is 5.25. The fourth-order valence-electron chi connectivity index (χ4n) is 2.30. The van der Waals surface area contributed by atoms with Crippen molar-refractivity contribution in [1.29, 1.82) is 0 Å². The highest BCUT2D eigenvalue weighted by molar-refractivity contribution is 5.81. The number of carbonyl (C=O) groups excluding carboxylic acids is 1. The molecule has 1 atom stereocenters. The number of ether oxygens (including phenoxy) is 1. The zero-order chi connectivity index (χ0) is 16.2. The second-order valence-electron chi connectivity index (χ2n) is 5.17. The van der Waals surface area contributed by atoms with Gasteiger partial charge in [-0.1, -0.05) is 0 Å². The predicted molar refractivity (Wildman–Crippen MR) is 75.4 cm³/mol. The predicted octanol–water partition coefficient (Wildman–Crippen LogP) is 1.95. The molecule has 0 bridgehead atoms. The maximum atomic E-state index is 12.0. The molecular formula is C14H18F3N3O2. The maximum Gasteiger partial charge on any atom is 0.573 e. The van der Waals surface area contributed by atoms with Crippen molar-refractivity contribution in [2.45, 2.75) is 25.2 Å². The number of nitrogens with one attached hydrogen (secondary N) is 1. The first kappa shape index (κ1) is 16.4. The molecule has 0 aromatic heterocycles. The number of nitrogens with zero attached hydrogens (tertiary/aromatic N) is 1. The number of benzene rings is 1. The maximum absolute atomic E-state index is 12.0. The molecule has 8 heteroatoms. The number of halogens is 3. The van der Waals surface area contributed by atoms with Crippen molar-refractivity contribution in [3.05, 3.63) is 24.3 Å². The molecule has 1 fully saturated rings. The minimum Gasteiger partial charge on any atom is -0.406 e. The zero-order valence-electron chi connectivity index (χ0n) is 11.9. The van der Waals surface area contributed by atoms with Crippen LogP contribution in [0.15, 0.2) is 24.3 Å². The molecule has 122 valence electrons. The highest BCUT2D eigenvalue weighted by Gasteiger charge is 2.31. The fourth-order valence-corrected chi connectivity index (χ4v) is 2.30. The summed E-state index contributed by atoms with van der Waals surface area (Å²) in [4.78, 5) is 13.7. The van der Waals surface area contributed by atoms with Gasteiger partial charge in [0, 0.05) is 24.8 Å². The number of hydrogen-bond donors (Lipinski definition) is 2. The normalized spacial score (nSPS) is 18.9. The van der Waals surface area contributed by atoms with E-state index in [1.807, 2.05) is 0 Å². The van der Waals surface area contributed by atoms with E-state index in [1.165, 1.54) is 24.3 Å². The Labute approximate surface area is 126 Å². The summed E-state index contributed by atoms with van der Waals surface area (Å²) in [5, 5.41) is 2.88. The topological polar surface area (TPSA) is 67.6 Å². The van der Waals surface area contributed by atoms with Crippen LogP contribution in [0.2, 0.25) is 0 Å². The molecule has 2 rings (SSSR count). The molecule has 5 nitrogen and oxygen atoms in total. The first-order valence-corrected chi connectivity index (χ1v) is 6.96. The van der Waals surface area contributed by atoms with Crippen LogP contribution in [0, 0.1) is 0 Å². The van der Waals surface area contributed by atoms with Gasteiger partial charge in [0.25, 0.3) is 0 Å². The van der Waals surface area contributed by atoms with Crippen LogP contribution in [-0.4, -0.2) is 42.8 Å². The molecule has 0 saturated carbocycles. The lowest BCUT2D eigenvalue weighted by molar-refractivity contribution is -0.274. The third-order valence-corrected chi connectivity index (χ3v) is 3.34. The first-order chi connectivity index (χ1) is 10.3. The number of rotatable bonds is 4. The van der Waals surface area contributed by atoms with Gasteiger partial charge < -0.3 is 20.7 Å². The summed E-state index contributed by atoms with van der Waals surface area (Å²) < 4.78 is 39.9. The van der Waals surface area contributed by atoms with Gasteiger partial charge in [-0.2, -0.15) is 0 Å². The second kappa shape index (κ2) is 6.87. The van der Waals surface area contributed by atoms with Crippen LogP contribution >= 0.6 is 0 Å². The highest BCUT2D eigenvalue weighted by atomic mass is 19.4. The zero-order valence-corrected chi connectivity index (χ0v) is 11.9. The third kappa shape index (κ3) is 5.10. The van der Waals surface area contributed by atoms with Gasteiger partial charge in [-0.05, 0) is 37.1 Å². The molecule has 1 heterocycles. The number of anilines is 1. The standard InChI is InChI=1S/C14H18F3N3O2/c15-14(16,17)22-12-5-3-11(4-6-12)19-8-13(21)20-7-1-2-10(18)9-20/h3-6,10,19H,1-2,7-9,18H2. The number of amides is 1. The summed E-state index contributed by atoms with van der Waals surface area (Å²) in [7, 11) is 0. The molecule has 1 aromatic rings. The van der Waals surface area contributed by atoms with Gasteiger partial charge in [0.1, 0.15) is 5.75 Å². The van der Waals surface area contributed by atoms with Crippen molar-refractivity contribution >= 4 is 11.6 Å². The molecule has 22 heavy (non-hydrogen) atoms. The van der Waals surface area contributed by atoms with Crippen LogP contribution in [-0.2, 0) is 4.79 Å². The number of carbonyl (C=O) groups is 1. The van der Waals surface area contributed by atoms with E-state index < -0.39 is 6.36 Å². The Balaban J connectivity index is 1.82. The minimum absolute atomic E-state index is 0.0106. The van der Waals surface area contributed by atoms with Crippen molar-refractivity contribution in [2.75, 3.05) is 25.0 Å². The molecule has 1 amide bonds. The molecule has 1 aliphatic rings. The number of likely N-dealkylation sites (tertiary alicyclic amines) is 1. The molecule has 1 aliphatic heterocycles. The molecule has 1 aromatic carbocycles. The Kier molecular flexibility index (Phi) is 5.12. The Bertz CT molecular complexity index is 505. The Morgan fingerprint density at radius 3 is 2.64 bits per heavy atom. The summed E-state index contributed by atoms with van der Waals surface area (Å²) >= 11 is 0. The molecular weight excluding hydrogens is 299 g/mol. The van der Waals surface area contributed by atoms with Gasteiger partial charge >= 0.3 is 6.36 Å². The average molecular weight is 317 g/mol. The lowest BCUT2D eigenvalue weighted by Gasteiger charge is -2.30. The van der Waals surface area contributed by atoms with Crippen LogP contribution in [0.25, 0.3) is 0 Å². The molecule has 1 unspecified atom stereocenters. The third-order valence-electron chi connectivity index (χ3n) is 3.34. The molecule has 1 saturated heterocycles. The monoisotopic (exact) mass is 317 g/mol. The number of nitrogens with two attached hydrogens (primary N) is 1. The van der Waals surface area contributed by atoms with Crippen LogP contribution in [0.3, 0.4) is 0 Å². The van der Waals surface area contributed by atoms with Crippen molar-refractivity contribution in [2.24, 2.45) is 5.73 Å². The van der Waals surface area contributed by atoms with E-state index in [1.54, 1.807) is 4.90 Å². The summed E-state index contributed by atoms with van der Waals surface area (Å²) in [5.74, 6) is -0.378. The number of alkyl halides is 3. The molecule has 0 aliphatic carbocycles. The Morgan fingerprint density at radius 2 is 2.05 bits per heavy atom. The smallest absolute Gasteiger partial charge is 0.406 e. The van der Waals surface area contributed by atoms with Gasteiger partial charge in [-0.3, -0.25) is 4.79 Å². The average Bonchev–Trinajstić information content (AvgIpc) is 2.44. The molecule has 3 N–H and O–H groups in total. The van der Waals surface area contributed by atoms with Gasteiger partial charge in [0.2, 0.25) is 5.91 Å². The van der Waals surface area contributed by atoms with Crippen molar-refractivity contribution < 1.29 is 22.7 Å². The van der Waals surface area contributed by atoms with Gasteiger partial charge in [0.15, 0.2) is 0 Å². The molecule has 0 spiro atoms. The van der Waals surface area contributed by atoms with E-state index in [2.05, 4.69) is 10.1 Å². The van der Waals surface area contributed by atoms with Gasteiger partial charge in [-0.15, -0.1) is 13.2 Å². The Hall–Kier alpha value is -1.96. The Morgan fingerprint density at radius 1 is 1.36 bits per heavy atom. The quantitative estimate of drug-likeness (QED) is 0.891. The van der Waals surface area contributed by atoms with E-state index >= 15 is 0 Å².